The van der Waals surface area contributed by atoms with Crippen LogP contribution in [0.5, 0.6) is 0 Å². The van der Waals surface area contributed by atoms with Crippen LogP contribution in [-0.2, 0) is 22.7 Å². The third-order valence-corrected chi connectivity index (χ3v) is 6.62. The number of nitrogens with zero attached hydrogens (tertiary/aromatic N) is 3. The molecule has 0 bridgehead atoms. The van der Waals surface area contributed by atoms with E-state index in [2.05, 4.69) is 10.2 Å². The van der Waals surface area contributed by atoms with Crippen molar-refractivity contribution in [2.75, 3.05) is 31.1 Å². The van der Waals surface area contributed by atoms with Crippen LogP contribution >= 0.6 is 0 Å². The van der Waals surface area contributed by atoms with Crippen molar-refractivity contribution in [1.82, 2.24) is 15.1 Å². The maximum Gasteiger partial charge on any atom is 0.255 e. The number of hydrogen-bond acceptors (Lipinski definition) is 5. The van der Waals surface area contributed by atoms with Gasteiger partial charge in [0.25, 0.3) is 5.91 Å². The number of fused-ring (bicyclic) bond motifs is 1. The summed E-state index contributed by atoms with van der Waals surface area (Å²) < 4.78 is 28.1. The minimum absolute atomic E-state index is 0.179. The number of carbonyl (C=O) groups is 3. The topological polar surface area (TPSA) is 73.0 Å². The largest absolute Gasteiger partial charge is 0.367 e. The van der Waals surface area contributed by atoms with Gasteiger partial charge in [-0.15, -0.1) is 0 Å². The summed E-state index contributed by atoms with van der Waals surface area (Å²) in [5.74, 6) is -1.92. The summed E-state index contributed by atoms with van der Waals surface area (Å²) in [6.45, 7) is 3.64. The number of carbonyl (C=O) groups excluding carboxylic acids is 3. The molecule has 2 saturated heterocycles. The monoisotopic (exact) mass is 454 g/mol. The minimum atomic E-state index is -0.718. The molecule has 172 valence electrons. The van der Waals surface area contributed by atoms with Crippen LogP contribution in [0.15, 0.2) is 36.4 Å². The molecule has 3 heterocycles. The van der Waals surface area contributed by atoms with E-state index in [4.69, 9.17) is 0 Å². The molecule has 3 aliphatic rings. The van der Waals surface area contributed by atoms with Gasteiger partial charge in [0.2, 0.25) is 11.8 Å². The first-order valence-corrected chi connectivity index (χ1v) is 11.1. The highest BCUT2D eigenvalue weighted by Gasteiger charge is 2.39. The number of anilines is 1. The Labute approximate surface area is 189 Å². The summed E-state index contributed by atoms with van der Waals surface area (Å²) in [6, 6.07) is 8.70. The summed E-state index contributed by atoms with van der Waals surface area (Å²) >= 11 is 0. The lowest BCUT2D eigenvalue weighted by Crippen LogP contribution is -2.52. The molecule has 2 aromatic carbocycles. The van der Waals surface area contributed by atoms with Gasteiger partial charge in [-0.05, 0) is 41.8 Å². The first-order chi connectivity index (χ1) is 15.9. The molecule has 7 nitrogen and oxygen atoms in total. The van der Waals surface area contributed by atoms with Crippen molar-refractivity contribution < 1.29 is 23.2 Å². The lowest BCUT2D eigenvalue weighted by Gasteiger charge is -2.36. The zero-order chi connectivity index (χ0) is 23.1. The van der Waals surface area contributed by atoms with Crippen molar-refractivity contribution in [2.24, 2.45) is 0 Å². The molecule has 0 aromatic heterocycles. The fourth-order valence-corrected chi connectivity index (χ4v) is 4.81. The van der Waals surface area contributed by atoms with E-state index in [1.54, 1.807) is 18.2 Å². The van der Waals surface area contributed by atoms with Crippen molar-refractivity contribution in [2.45, 2.75) is 32.0 Å². The lowest BCUT2D eigenvalue weighted by atomic mass is 10.0. The van der Waals surface area contributed by atoms with Gasteiger partial charge >= 0.3 is 0 Å². The van der Waals surface area contributed by atoms with Crippen molar-refractivity contribution in [3.05, 3.63) is 64.7 Å². The fraction of sp³-hybridized carbons (Fsp3) is 0.375. The number of halogens is 2. The number of piperazine rings is 1. The van der Waals surface area contributed by atoms with E-state index in [0.29, 0.717) is 30.9 Å². The van der Waals surface area contributed by atoms with Crippen LogP contribution < -0.4 is 10.2 Å². The van der Waals surface area contributed by atoms with Gasteiger partial charge in [-0.25, -0.2) is 8.78 Å². The molecule has 2 fully saturated rings. The van der Waals surface area contributed by atoms with Gasteiger partial charge in [-0.3, -0.25) is 24.6 Å². The molecule has 5 rings (SSSR count). The fourth-order valence-electron chi connectivity index (χ4n) is 4.81. The van der Waals surface area contributed by atoms with Crippen LogP contribution in [0.1, 0.15) is 34.3 Å². The van der Waals surface area contributed by atoms with Gasteiger partial charge < -0.3 is 9.80 Å². The van der Waals surface area contributed by atoms with Gasteiger partial charge in [-0.1, -0.05) is 12.1 Å². The maximum atomic E-state index is 15.0. The van der Waals surface area contributed by atoms with Gasteiger partial charge in [0, 0.05) is 51.3 Å². The van der Waals surface area contributed by atoms with E-state index < -0.39 is 17.8 Å². The zero-order valence-corrected chi connectivity index (χ0v) is 18.0. The van der Waals surface area contributed by atoms with E-state index in [1.807, 2.05) is 4.90 Å². The molecule has 33 heavy (non-hydrogen) atoms. The highest BCUT2D eigenvalue weighted by atomic mass is 19.1. The number of imide groups is 1. The second-order valence-electron chi connectivity index (χ2n) is 8.75. The van der Waals surface area contributed by atoms with Crippen molar-refractivity contribution in [1.29, 1.82) is 0 Å². The number of piperidine rings is 1. The van der Waals surface area contributed by atoms with Crippen LogP contribution in [0.25, 0.3) is 0 Å². The summed E-state index contributed by atoms with van der Waals surface area (Å²) in [5, 5.41) is 2.27. The van der Waals surface area contributed by atoms with Gasteiger partial charge in [-0.2, -0.15) is 0 Å². The zero-order valence-electron chi connectivity index (χ0n) is 18.0. The Morgan fingerprint density at radius 3 is 2.39 bits per heavy atom. The SMILES string of the molecule is O=C1CCC(N2Cc3cc(N4CCN(Cc5ccc(F)cc5)CC4)c(F)cc3C2=O)C(=O)N1. The van der Waals surface area contributed by atoms with E-state index >= 15 is 0 Å². The predicted octanol–water partition coefficient (Wildman–Crippen LogP) is 2.05. The lowest BCUT2D eigenvalue weighted by molar-refractivity contribution is -0.136. The van der Waals surface area contributed by atoms with Crippen molar-refractivity contribution in [3.63, 3.8) is 0 Å². The van der Waals surface area contributed by atoms with Crippen LogP contribution in [0.2, 0.25) is 0 Å². The summed E-state index contributed by atoms with van der Waals surface area (Å²) in [6.07, 6.45) is 0.452. The average Bonchev–Trinajstić information content (AvgIpc) is 3.11. The number of amides is 3. The summed E-state index contributed by atoms with van der Waals surface area (Å²) in [4.78, 5) is 42.1. The first kappa shape index (κ1) is 21.5. The van der Waals surface area contributed by atoms with Gasteiger partial charge in [0.05, 0.1) is 5.69 Å². The Bertz CT molecular complexity index is 1110. The molecule has 0 saturated carbocycles. The van der Waals surface area contributed by atoms with E-state index in [1.165, 1.54) is 23.1 Å². The summed E-state index contributed by atoms with van der Waals surface area (Å²) in [7, 11) is 0. The van der Waals surface area contributed by atoms with Crippen molar-refractivity contribution in [3.8, 4) is 0 Å². The molecule has 0 radical (unpaired) electrons. The van der Waals surface area contributed by atoms with Gasteiger partial charge in [0.1, 0.15) is 17.7 Å². The average molecular weight is 454 g/mol. The number of rotatable bonds is 4. The van der Waals surface area contributed by atoms with E-state index in [0.717, 1.165) is 18.7 Å². The Morgan fingerprint density at radius 1 is 0.970 bits per heavy atom. The molecule has 3 amide bonds. The van der Waals surface area contributed by atoms with E-state index in [-0.39, 0.29) is 42.6 Å². The van der Waals surface area contributed by atoms with Crippen molar-refractivity contribution >= 4 is 23.4 Å². The smallest absolute Gasteiger partial charge is 0.255 e. The normalized spacial score (nSPS) is 21.4. The molecule has 2 aromatic rings. The maximum absolute atomic E-state index is 15.0. The third kappa shape index (κ3) is 4.20. The highest BCUT2D eigenvalue weighted by molar-refractivity contribution is 6.05. The number of nitrogens with one attached hydrogen (secondary N) is 1. The van der Waals surface area contributed by atoms with Crippen LogP contribution in [0.3, 0.4) is 0 Å². The molecule has 1 atom stereocenters. The molecule has 0 aliphatic carbocycles. The van der Waals surface area contributed by atoms with Crippen LogP contribution in [-0.4, -0.2) is 59.7 Å². The highest BCUT2D eigenvalue weighted by Crippen LogP contribution is 2.33. The molecular formula is C24H24F2N4O3. The molecular weight excluding hydrogens is 430 g/mol. The predicted molar refractivity (Wildman–Crippen MR) is 116 cm³/mol. The number of hydrogen-bond donors (Lipinski definition) is 1. The number of benzene rings is 2. The van der Waals surface area contributed by atoms with Crippen LogP contribution in [0, 0.1) is 11.6 Å². The minimum Gasteiger partial charge on any atom is -0.367 e. The second kappa shape index (κ2) is 8.55. The summed E-state index contributed by atoms with van der Waals surface area (Å²) in [5.41, 5.74) is 2.44. The molecule has 0 spiro atoms. The van der Waals surface area contributed by atoms with E-state index in [9.17, 15) is 23.2 Å². The Kier molecular flexibility index (Phi) is 5.57. The molecule has 3 aliphatic heterocycles. The second-order valence-corrected chi connectivity index (χ2v) is 8.75. The molecule has 1 unspecified atom stereocenters. The quantitative estimate of drug-likeness (QED) is 0.716. The Hall–Kier alpha value is -3.33. The first-order valence-electron chi connectivity index (χ1n) is 11.1. The standard InChI is InChI=1S/C24H24F2N4O3/c25-17-3-1-15(2-4-17)13-28-7-9-29(10-8-28)21-11-16-14-30(24(33)18(16)12-19(21)26)20-5-6-22(31)27-23(20)32/h1-4,11-12,20H,5-10,13-14H2,(H,27,31,32). The Morgan fingerprint density at radius 2 is 1.70 bits per heavy atom. The third-order valence-electron chi connectivity index (χ3n) is 6.62. The Balaban J connectivity index is 1.26. The molecule has 9 heteroatoms. The molecule has 1 N–H and O–H groups in total. The van der Waals surface area contributed by atoms with Gasteiger partial charge in [0.15, 0.2) is 0 Å². The van der Waals surface area contributed by atoms with Crippen LogP contribution in [0.4, 0.5) is 14.5 Å².